The molecule has 0 N–H and O–H groups in total. The fraction of sp³-hybridized carbons (Fsp3) is 0.632. The number of nitrogens with zero attached hydrogens (tertiary/aromatic N) is 2. The lowest BCUT2D eigenvalue weighted by Crippen LogP contribution is -2.45. The van der Waals surface area contributed by atoms with Crippen LogP contribution in [0.4, 0.5) is 4.39 Å². The van der Waals surface area contributed by atoms with E-state index in [0.29, 0.717) is 5.92 Å². The molecule has 1 amide bonds. The summed E-state index contributed by atoms with van der Waals surface area (Å²) in [6, 6.07) is 6.77. The number of hydrogen-bond donors (Lipinski definition) is 0. The molecule has 0 radical (unpaired) electrons. The van der Waals surface area contributed by atoms with Crippen LogP contribution in [0.1, 0.15) is 25.3 Å². The second kappa shape index (κ2) is 7.19. The second-order valence-electron chi connectivity index (χ2n) is 7.32. The van der Waals surface area contributed by atoms with Gasteiger partial charge in [-0.1, -0.05) is 12.1 Å². The standard InChI is InChI=1S/C19H27FN2O2/c1-15(23)22-12-17(13-24-2)19(14-22)7-9-21(10-8-19)11-16-3-5-18(20)6-4-16/h3-6,17H,7-14H2,1-2H3. The zero-order chi connectivity index (χ0) is 17.2. The molecule has 1 aromatic rings. The molecule has 1 atom stereocenters. The van der Waals surface area contributed by atoms with Crippen molar-refractivity contribution < 1.29 is 13.9 Å². The van der Waals surface area contributed by atoms with E-state index in [4.69, 9.17) is 4.74 Å². The van der Waals surface area contributed by atoms with Crippen LogP contribution in [0.2, 0.25) is 0 Å². The van der Waals surface area contributed by atoms with Gasteiger partial charge in [-0.2, -0.15) is 0 Å². The van der Waals surface area contributed by atoms with Crippen LogP contribution in [0, 0.1) is 17.2 Å². The number of likely N-dealkylation sites (tertiary alicyclic amines) is 2. The Hall–Kier alpha value is -1.46. The second-order valence-corrected chi connectivity index (χ2v) is 7.32. The van der Waals surface area contributed by atoms with Gasteiger partial charge < -0.3 is 9.64 Å². The molecule has 0 saturated carbocycles. The zero-order valence-corrected chi connectivity index (χ0v) is 14.6. The summed E-state index contributed by atoms with van der Waals surface area (Å²) in [5.41, 5.74) is 1.35. The van der Waals surface area contributed by atoms with E-state index in [-0.39, 0.29) is 17.1 Å². The van der Waals surface area contributed by atoms with Gasteiger partial charge in [-0.05, 0) is 49.0 Å². The van der Waals surface area contributed by atoms with Gasteiger partial charge in [0.2, 0.25) is 5.91 Å². The molecule has 3 rings (SSSR count). The number of benzene rings is 1. The maximum absolute atomic E-state index is 13.0. The molecule has 24 heavy (non-hydrogen) atoms. The molecule has 2 heterocycles. The van der Waals surface area contributed by atoms with E-state index in [1.54, 1.807) is 14.0 Å². The molecular weight excluding hydrogens is 307 g/mol. The first-order chi connectivity index (χ1) is 11.5. The number of carbonyl (C=O) groups excluding carboxylic acids is 1. The van der Waals surface area contributed by atoms with Gasteiger partial charge in [0.05, 0.1) is 6.61 Å². The smallest absolute Gasteiger partial charge is 0.219 e. The molecule has 1 unspecified atom stereocenters. The van der Waals surface area contributed by atoms with E-state index in [1.807, 2.05) is 17.0 Å². The summed E-state index contributed by atoms with van der Waals surface area (Å²) in [7, 11) is 1.74. The predicted molar refractivity (Wildman–Crippen MR) is 91.0 cm³/mol. The lowest BCUT2D eigenvalue weighted by atomic mass is 9.71. The Morgan fingerprint density at radius 2 is 1.96 bits per heavy atom. The Bertz CT molecular complexity index is 567. The minimum absolute atomic E-state index is 0.168. The fourth-order valence-electron chi connectivity index (χ4n) is 4.27. The minimum atomic E-state index is -0.186. The van der Waals surface area contributed by atoms with Crippen LogP contribution in [0.5, 0.6) is 0 Å². The van der Waals surface area contributed by atoms with E-state index in [2.05, 4.69) is 4.90 Å². The van der Waals surface area contributed by atoms with Crippen LogP contribution in [0.3, 0.4) is 0 Å². The Balaban J connectivity index is 1.61. The lowest BCUT2D eigenvalue weighted by Gasteiger charge is -2.42. The van der Waals surface area contributed by atoms with Gasteiger partial charge in [-0.3, -0.25) is 9.69 Å². The molecule has 2 saturated heterocycles. The van der Waals surface area contributed by atoms with E-state index in [9.17, 15) is 9.18 Å². The number of halogens is 1. The largest absolute Gasteiger partial charge is 0.384 e. The van der Waals surface area contributed by atoms with Crippen molar-refractivity contribution in [1.82, 2.24) is 9.80 Å². The third-order valence-electron chi connectivity index (χ3n) is 5.80. The quantitative estimate of drug-likeness (QED) is 0.848. The zero-order valence-electron chi connectivity index (χ0n) is 14.6. The number of methoxy groups -OCH3 is 1. The summed E-state index contributed by atoms with van der Waals surface area (Å²) in [6.07, 6.45) is 2.18. The number of hydrogen-bond acceptors (Lipinski definition) is 3. The number of amides is 1. The van der Waals surface area contributed by atoms with Gasteiger partial charge in [0.25, 0.3) is 0 Å². The Kier molecular flexibility index (Phi) is 5.21. The van der Waals surface area contributed by atoms with Crippen LogP contribution < -0.4 is 0 Å². The molecule has 1 spiro atoms. The van der Waals surface area contributed by atoms with Crippen LogP contribution in [0.15, 0.2) is 24.3 Å². The van der Waals surface area contributed by atoms with Crippen LogP contribution >= 0.6 is 0 Å². The molecule has 132 valence electrons. The maximum atomic E-state index is 13.0. The Morgan fingerprint density at radius 3 is 2.54 bits per heavy atom. The van der Waals surface area contributed by atoms with Crippen LogP contribution in [-0.2, 0) is 16.1 Å². The first-order valence-corrected chi connectivity index (χ1v) is 8.74. The molecule has 0 bridgehead atoms. The molecule has 1 aromatic carbocycles. The van der Waals surface area contributed by atoms with Gasteiger partial charge in [-0.25, -0.2) is 4.39 Å². The molecule has 5 heteroatoms. The highest BCUT2D eigenvalue weighted by Crippen LogP contribution is 2.45. The third-order valence-corrected chi connectivity index (χ3v) is 5.80. The van der Waals surface area contributed by atoms with Gasteiger partial charge >= 0.3 is 0 Å². The number of rotatable bonds is 4. The van der Waals surface area contributed by atoms with E-state index in [1.165, 1.54) is 12.1 Å². The van der Waals surface area contributed by atoms with Crippen molar-refractivity contribution in [2.45, 2.75) is 26.3 Å². The summed E-state index contributed by atoms with van der Waals surface area (Å²) >= 11 is 0. The van der Waals surface area contributed by atoms with Crippen LogP contribution in [-0.4, -0.2) is 55.6 Å². The molecule has 0 aliphatic carbocycles. The fourth-order valence-corrected chi connectivity index (χ4v) is 4.27. The Labute approximate surface area is 143 Å². The normalized spacial score (nSPS) is 23.8. The number of piperidine rings is 1. The summed E-state index contributed by atoms with van der Waals surface area (Å²) in [6.45, 7) is 6.96. The van der Waals surface area contributed by atoms with Gasteiger partial charge in [0, 0.05) is 39.6 Å². The summed E-state index contributed by atoms with van der Waals surface area (Å²) < 4.78 is 18.5. The average molecular weight is 334 g/mol. The minimum Gasteiger partial charge on any atom is -0.384 e. The molecule has 2 aliphatic heterocycles. The summed E-state index contributed by atoms with van der Waals surface area (Å²) in [4.78, 5) is 16.2. The van der Waals surface area contributed by atoms with Crippen LogP contribution in [0.25, 0.3) is 0 Å². The van der Waals surface area contributed by atoms with E-state index >= 15 is 0 Å². The molecule has 2 fully saturated rings. The number of carbonyl (C=O) groups is 1. The first-order valence-electron chi connectivity index (χ1n) is 8.74. The third kappa shape index (κ3) is 3.62. The van der Waals surface area contributed by atoms with Gasteiger partial charge in [-0.15, -0.1) is 0 Å². The average Bonchev–Trinajstić information content (AvgIpc) is 2.91. The van der Waals surface area contributed by atoms with E-state index < -0.39 is 0 Å². The topological polar surface area (TPSA) is 32.8 Å². The van der Waals surface area contributed by atoms with Crippen molar-refractivity contribution in [3.05, 3.63) is 35.6 Å². The first kappa shape index (κ1) is 17.4. The highest BCUT2D eigenvalue weighted by molar-refractivity contribution is 5.73. The van der Waals surface area contributed by atoms with Crippen molar-refractivity contribution in [2.24, 2.45) is 11.3 Å². The molecular formula is C19H27FN2O2. The molecule has 4 nitrogen and oxygen atoms in total. The molecule has 2 aliphatic rings. The van der Waals surface area contributed by atoms with Gasteiger partial charge in [0.15, 0.2) is 0 Å². The predicted octanol–water partition coefficient (Wildman–Crippen LogP) is 2.53. The van der Waals surface area contributed by atoms with Gasteiger partial charge in [0.1, 0.15) is 5.82 Å². The monoisotopic (exact) mass is 334 g/mol. The summed E-state index contributed by atoms with van der Waals surface area (Å²) in [5, 5.41) is 0. The maximum Gasteiger partial charge on any atom is 0.219 e. The van der Waals surface area contributed by atoms with Crippen molar-refractivity contribution in [3.63, 3.8) is 0 Å². The lowest BCUT2D eigenvalue weighted by molar-refractivity contribution is -0.128. The van der Waals surface area contributed by atoms with Crippen molar-refractivity contribution in [3.8, 4) is 0 Å². The number of ether oxygens (including phenoxy) is 1. The highest BCUT2D eigenvalue weighted by atomic mass is 19.1. The SMILES string of the molecule is COCC1CN(C(C)=O)CC12CCN(Cc1ccc(F)cc1)CC2. The van der Waals surface area contributed by atoms with Crippen molar-refractivity contribution in [1.29, 1.82) is 0 Å². The van der Waals surface area contributed by atoms with Crippen molar-refractivity contribution >= 4 is 5.91 Å². The van der Waals surface area contributed by atoms with Crippen molar-refractivity contribution in [2.75, 3.05) is 39.9 Å². The van der Waals surface area contributed by atoms with E-state index in [0.717, 1.165) is 57.7 Å². The Morgan fingerprint density at radius 1 is 1.29 bits per heavy atom. The summed E-state index contributed by atoms with van der Waals surface area (Å²) in [5.74, 6) is 0.412. The highest BCUT2D eigenvalue weighted by Gasteiger charge is 2.48. The molecule has 0 aromatic heterocycles.